The lowest BCUT2D eigenvalue weighted by molar-refractivity contribution is -0.143. The Balaban J connectivity index is 3.83. The summed E-state index contributed by atoms with van der Waals surface area (Å²) in [6.07, 6.45) is 1.14. The Labute approximate surface area is 110 Å². The van der Waals surface area contributed by atoms with Crippen molar-refractivity contribution in [1.82, 2.24) is 10.2 Å². The predicted molar refractivity (Wildman–Crippen MR) is 71.3 cm³/mol. The van der Waals surface area contributed by atoms with Crippen LogP contribution < -0.4 is 5.32 Å². The van der Waals surface area contributed by atoms with Gasteiger partial charge in [-0.05, 0) is 40.3 Å². The largest absolute Gasteiger partial charge is 0.466 e. The molecule has 0 unspecified atom stereocenters. The molecule has 5 heteroatoms. The van der Waals surface area contributed by atoms with E-state index in [1.54, 1.807) is 6.92 Å². The molecule has 0 atom stereocenters. The highest BCUT2D eigenvalue weighted by Crippen LogP contribution is 1.97. The van der Waals surface area contributed by atoms with Gasteiger partial charge >= 0.3 is 5.97 Å². The van der Waals surface area contributed by atoms with E-state index in [4.69, 9.17) is 4.74 Å². The number of nitrogens with one attached hydrogen (secondary N) is 1. The van der Waals surface area contributed by atoms with E-state index in [-0.39, 0.29) is 17.9 Å². The van der Waals surface area contributed by atoms with Crippen LogP contribution in [0.5, 0.6) is 0 Å². The van der Waals surface area contributed by atoms with E-state index < -0.39 is 0 Å². The van der Waals surface area contributed by atoms with E-state index in [1.807, 2.05) is 25.7 Å². The maximum atomic E-state index is 11.6. The number of nitrogens with zero attached hydrogens (tertiary/aromatic N) is 1. The van der Waals surface area contributed by atoms with Crippen molar-refractivity contribution in [2.45, 2.75) is 46.6 Å². The molecule has 1 amide bonds. The highest BCUT2D eigenvalue weighted by atomic mass is 16.5. The predicted octanol–water partition coefficient (Wildman–Crippen LogP) is 1.18. The summed E-state index contributed by atoms with van der Waals surface area (Å²) in [5.41, 5.74) is 0. The fraction of sp³-hybridized carbons (Fsp3) is 0.846. The number of esters is 1. The molecule has 0 aromatic carbocycles. The summed E-state index contributed by atoms with van der Waals surface area (Å²) in [4.78, 5) is 24.8. The third-order valence-electron chi connectivity index (χ3n) is 2.42. The van der Waals surface area contributed by atoms with Crippen molar-refractivity contribution in [3.8, 4) is 0 Å². The van der Waals surface area contributed by atoms with Gasteiger partial charge in [-0.25, -0.2) is 0 Å². The molecule has 0 aliphatic carbocycles. The van der Waals surface area contributed by atoms with Crippen LogP contribution in [0.25, 0.3) is 0 Å². The Bertz CT molecular complexity index is 255. The van der Waals surface area contributed by atoms with Gasteiger partial charge in [0.15, 0.2) is 0 Å². The molecule has 0 aliphatic heterocycles. The zero-order valence-electron chi connectivity index (χ0n) is 12.0. The highest BCUT2D eigenvalue weighted by molar-refractivity contribution is 5.78. The number of amides is 1. The Kier molecular flexibility index (Phi) is 9.28. The second-order valence-corrected chi connectivity index (χ2v) is 4.50. The van der Waals surface area contributed by atoms with Crippen LogP contribution in [0.1, 0.15) is 40.5 Å². The topological polar surface area (TPSA) is 58.6 Å². The van der Waals surface area contributed by atoms with E-state index in [1.165, 1.54) is 0 Å². The van der Waals surface area contributed by atoms with Gasteiger partial charge in [0.2, 0.25) is 5.91 Å². The van der Waals surface area contributed by atoms with Crippen LogP contribution in [0.15, 0.2) is 0 Å². The first kappa shape index (κ1) is 16.9. The van der Waals surface area contributed by atoms with Crippen molar-refractivity contribution in [3.63, 3.8) is 0 Å². The summed E-state index contributed by atoms with van der Waals surface area (Å²) in [6.45, 7) is 10.0. The third-order valence-corrected chi connectivity index (χ3v) is 2.42. The fourth-order valence-corrected chi connectivity index (χ4v) is 1.60. The number of likely N-dealkylation sites (N-methyl/N-ethyl adjacent to an activating group) is 1. The molecule has 0 rings (SSSR count). The number of ether oxygens (including phenoxy) is 1. The molecule has 0 aromatic rings. The first-order valence-electron chi connectivity index (χ1n) is 6.66. The van der Waals surface area contributed by atoms with Crippen molar-refractivity contribution in [3.05, 3.63) is 0 Å². The molecule has 0 aliphatic rings. The van der Waals surface area contributed by atoms with Crippen molar-refractivity contribution in [1.29, 1.82) is 0 Å². The van der Waals surface area contributed by atoms with Gasteiger partial charge in [-0.1, -0.05) is 6.92 Å². The van der Waals surface area contributed by atoms with Crippen LogP contribution in [0.3, 0.4) is 0 Å². The van der Waals surface area contributed by atoms with Gasteiger partial charge in [0.05, 0.1) is 13.2 Å². The Morgan fingerprint density at radius 1 is 1.28 bits per heavy atom. The highest BCUT2D eigenvalue weighted by Gasteiger charge is 2.10. The normalized spacial score (nSPS) is 10.8. The smallest absolute Gasteiger partial charge is 0.305 e. The minimum absolute atomic E-state index is 0.0305. The van der Waals surface area contributed by atoms with Crippen LogP contribution in [0.2, 0.25) is 0 Å². The molecular formula is C13H26N2O3. The van der Waals surface area contributed by atoms with Gasteiger partial charge < -0.3 is 10.1 Å². The molecule has 18 heavy (non-hydrogen) atoms. The lowest BCUT2D eigenvalue weighted by atomic mass is 10.3. The SMILES string of the molecule is CCOC(=O)CCCN(CC)CC(=O)NC(C)C. The van der Waals surface area contributed by atoms with Gasteiger partial charge in [-0.3, -0.25) is 14.5 Å². The van der Waals surface area contributed by atoms with E-state index in [2.05, 4.69) is 5.32 Å². The molecule has 0 saturated heterocycles. The molecule has 0 spiro atoms. The number of hydrogen-bond donors (Lipinski definition) is 1. The quantitative estimate of drug-likeness (QED) is 0.631. The molecule has 0 heterocycles. The molecule has 0 bridgehead atoms. The molecule has 0 aromatic heterocycles. The summed E-state index contributed by atoms with van der Waals surface area (Å²) >= 11 is 0. The lowest BCUT2D eigenvalue weighted by Crippen LogP contribution is -2.40. The molecule has 5 nitrogen and oxygen atoms in total. The van der Waals surface area contributed by atoms with Gasteiger partial charge in [0.1, 0.15) is 0 Å². The number of carbonyl (C=O) groups excluding carboxylic acids is 2. The van der Waals surface area contributed by atoms with Gasteiger partial charge in [0.25, 0.3) is 0 Å². The number of rotatable bonds is 9. The zero-order chi connectivity index (χ0) is 14.0. The Morgan fingerprint density at radius 3 is 2.44 bits per heavy atom. The van der Waals surface area contributed by atoms with Crippen molar-refractivity contribution in [2.24, 2.45) is 0 Å². The van der Waals surface area contributed by atoms with Crippen LogP contribution in [0, 0.1) is 0 Å². The van der Waals surface area contributed by atoms with Crippen molar-refractivity contribution in [2.75, 3.05) is 26.2 Å². The molecular weight excluding hydrogens is 232 g/mol. The molecule has 106 valence electrons. The second-order valence-electron chi connectivity index (χ2n) is 4.50. The molecule has 0 radical (unpaired) electrons. The fourth-order valence-electron chi connectivity index (χ4n) is 1.60. The van der Waals surface area contributed by atoms with Crippen LogP contribution in [-0.2, 0) is 14.3 Å². The van der Waals surface area contributed by atoms with Crippen LogP contribution in [0.4, 0.5) is 0 Å². The molecule has 1 N–H and O–H groups in total. The first-order valence-corrected chi connectivity index (χ1v) is 6.66. The monoisotopic (exact) mass is 258 g/mol. The Hall–Kier alpha value is -1.10. The van der Waals surface area contributed by atoms with Crippen molar-refractivity contribution < 1.29 is 14.3 Å². The summed E-state index contributed by atoms with van der Waals surface area (Å²) < 4.78 is 4.85. The second kappa shape index (κ2) is 9.88. The van der Waals surface area contributed by atoms with Crippen LogP contribution in [-0.4, -0.2) is 49.1 Å². The maximum Gasteiger partial charge on any atom is 0.305 e. The summed E-state index contributed by atoms with van der Waals surface area (Å²) in [7, 11) is 0. The van der Waals surface area contributed by atoms with E-state index in [0.29, 0.717) is 19.6 Å². The van der Waals surface area contributed by atoms with E-state index in [9.17, 15) is 9.59 Å². The lowest BCUT2D eigenvalue weighted by Gasteiger charge is -2.20. The third kappa shape index (κ3) is 8.98. The molecule has 0 fully saturated rings. The summed E-state index contributed by atoms with van der Waals surface area (Å²) in [5.74, 6) is -0.136. The number of carbonyl (C=O) groups is 2. The van der Waals surface area contributed by atoms with Gasteiger partial charge in [-0.15, -0.1) is 0 Å². The minimum Gasteiger partial charge on any atom is -0.466 e. The molecule has 0 saturated carbocycles. The standard InChI is InChI=1S/C13H26N2O3/c1-5-15(10-12(16)14-11(3)4)9-7-8-13(17)18-6-2/h11H,5-10H2,1-4H3,(H,14,16). The summed E-state index contributed by atoms with van der Waals surface area (Å²) in [6, 6.07) is 0.163. The Morgan fingerprint density at radius 2 is 1.94 bits per heavy atom. The average molecular weight is 258 g/mol. The van der Waals surface area contributed by atoms with Crippen molar-refractivity contribution >= 4 is 11.9 Å². The summed E-state index contributed by atoms with van der Waals surface area (Å²) in [5, 5.41) is 2.85. The van der Waals surface area contributed by atoms with Gasteiger partial charge in [0, 0.05) is 12.5 Å². The van der Waals surface area contributed by atoms with Crippen LogP contribution >= 0.6 is 0 Å². The zero-order valence-corrected chi connectivity index (χ0v) is 12.0. The average Bonchev–Trinajstić information content (AvgIpc) is 2.26. The first-order chi connectivity index (χ1) is 8.49. The van der Waals surface area contributed by atoms with E-state index >= 15 is 0 Å². The van der Waals surface area contributed by atoms with Gasteiger partial charge in [-0.2, -0.15) is 0 Å². The number of hydrogen-bond acceptors (Lipinski definition) is 4. The minimum atomic E-state index is -0.166. The maximum absolute atomic E-state index is 11.6. The van der Waals surface area contributed by atoms with E-state index in [0.717, 1.165) is 19.5 Å².